The molecular weight excluding hydrogens is 140 g/mol. The lowest BCUT2D eigenvalue weighted by molar-refractivity contribution is -0.111. The first-order valence-corrected chi connectivity index (χ1v) is 3.22. The standard InChI is InChI=1S/C9H12O2/c1-5-6-9(10)7(2)8(3)11-4/h5-6H,2-3H2,1,4H3. The number of hydrogen-bond acceptors (Lipinski definition) is 2. The maximum atomic E-state index is 11.0. The van der Waals surface area contributed by atoms with Gasteiger partial charge in [0.05, 0.1) is 12.7 Å². The summed E-state index contributed by atoms with van der Waals surface area (Å²) in [6.45, 7) is 8.78. The van der Waals surface area contributed by atoms with Crippen molar-refractivity contribution in [3.05, 3.63) is 36.6 Å². The Labute approximate surface area is 66.9 Å². The quantitative estimate of drug-likeness (QED) is 0.349. The number of allylic oxidation sites excluding steroid dienone is 3. The zero-order chi connectivity index (χ0) is 8.85. The minimum atomic E-state index is -0.167. The minimum Gasteiger partial charge on any atom is -0.497 e. The fourth-order valence-corrected chi connectivity index (χ4v) is 0.513. The molecule has 0 unspecified atom stereocenters. The molecule has 0 aliphatic rings. The number of ether oxygens (including phenoxy) is 1. The second-order valence-electron chi connectivity index (χ2n) is 1.97. The van der Waals surface area contributed by atoms with Gasteiger partial charge in [0.1, 0.15) is 5.76 Å². The lowest BCUT2D eigenvalue weighted by Crippen LogP contribution is -2.00. The molecule has 0 bridgehead atoms. The van der Waals surface area contributed by atoms with Crippen LogP contribution in [0.25, 0.3) is 0 Å². The lowest BCUT2D eigenvalue weighted by atomic mass is 10.1. The molecule has 0 spiro atoms. The van der Waals surface area contributed by atoms with E-state index < -0.39 is 0 Å². The van der Waals surface area contributed by atoms with Gasteiger partial charge in [-0.25, -0.2) is 0 Å². The third-order valence-electron chi connectivity index (χ3n) is 1.20. The molecule has 0 saturated heterocycles. The Bertz CT molecular complexity index is 212. The van der Waals surface area contributed by atoms with Gasteiger partial charge in [-0.1, -0.05) is 19.2 Å². The molecule has 0 saturated carbocycles. The van der Waals surface area contributed by atoms with Crippen molar-refractivity contribution in [2.45, 2.75) is 6.92 Å². The summed E-state index contributed by atoms with van der Waals surface area (Å²) in [6.07, 6.45) is 3.07. The number of carbonyl (C=O) groups excluding carboxylic acids is 1. The van der Waals surface area contributed by atoms with Crippen molar-refractivity contribution in [1.82, 2.24) is 0 Å². The molecule has 11 heavy (non-hydrogen) atoms. The topological polar surface area (TPSA) is 26.3 Å². The van der Waals surface area contributed by atoms with Gasteiger partial charge in [0.15, 0.2) is 5.78 Å². The summed E-state index contributed by atoms with van der Waals surface area (Å²) in [7, 11) is 1.45. The molecule has 0 aliphatic carbocycles. The average Bonchev–Trinajstić information content (AvgIpc) is 2.02. The number of methoxy groups -OCH3 is 1. The smallest absolute Gasteiger partial charge is 0.188 e. The molecule has 0 rings (SSSR count). The van der Waals surface area contributed by atoms with Crippen LogP contribution >= 0.6 is 0 Å². The van der Waals surface area contributed by atoms with Crippen molar-refractivity contribution in [2.24, 2.45) is 0 Å². The minimum absolute atomic E-state index is 0.167. The largest absolute Gasteiger partial charge is 0.497 e. The van der Waals surface area contributed by atoms with E-state index in [1.54, 1.807) is 13.0 Å². The Morgan fingerprint density at radius 2 is 2.00 bits per heavy atom. The van der Waals surface area contributed by atoms with Crippen LogP contribution < -0.4 is 0 Å². The predicted octanol–water partition coefficient (Wildman–Crippen LogP) is 1.85. The first-order chi connectivity index (χ1) is 5.13. The maximum Gasteiger partial charge on any atom is 0.188 e. The van der Waals surface area contributed by atoms with Crippen LogP contribution in [-0.4, -0.2) is 12.9 Å². The SMILES string of the molecule is C=C(OC)C(=C)C(=O)C=CC. The second-order valence-corrected chi connectivity index (χ2v) is 1.97. The summed E-state index contributed by atoms with van der Waals surface area (Å²) in [5.41, 5.74) is 0.297. The molecule has 0 radical (unpaired) electrons. The number of rotatable bonds is 4. The summed E-state index contributed by atoms with van der Waals surface area (Å²) in [6, 6.07) is 0. The first-order valence-electron chi connectivity index (χ1n) is 3.22. The highest BCUT2D eigenvalue weighted by Crippen LogP contribution is 2.06. The molecule has 0 amide bonds. The third kappa shape index (κ3) is 2.85. The molecule has 2 heteroatoms. The summed E-state index contributed by atoms with van der Waals surface area (Å²) < 4.78 is 4.73. The molecule has 0 atom stereocenters. The first kappa shape index (κ1) is 9.69. The van der Waals surface area contributed by atoms with Crippen LogP contribution in [0, 0.1) is 0 Å². The summed E-state index contributed by atoms with van der Waals surface area (Å²) in [4.78, 5) is 11.0. The van der Waals surface area contributed by atoms with Crippen LogP contribution in [0.1, 0.15) is 6.92 Å². The van der Waals surface area contributed by atoms with Gasteiger partial charge in [-0.2, -0.15) is 0 Å². The zero-order valence-corrected chi connectivity index (χ0v) is 6.89. The van der Waals surface area contributed by atoms with E-state index in [0.29, 0.717) is 11.3 Å². The highest BCUT2D eigenvalue weighted by molar-refractivity contribution is 6.06. The van der Waals surface area contributed by atoms with E-state index in [2.05, 4.69) is 13.2 Å². The molecule has 0 fully saturated rings. The Morgan fingerprint density at radius 1 is 1.45 bits per heavy atom. The van der Waals surface area contributed by atoms with Crippen molar-refractivity contribution in [3.63, 3.8) is 0 Å². The van der Waals surface area contributed by atoms with Gasteiger partial charge in [-0.3, -0.25) is 4.79 Å². The Morgan fingerprint density at radius 3 is 2.36 bits per heavy atom. The van der Waals surface area contributed by atoms with Crippen molar-refractivity contribution < 1.29 is 9.53 Å². The Kier molecular flexibility index (Phi) is 3.96. The van der Waals surface area contributed by atoms with Gasteiger partial charge in [0.2, 0.25) is 0 Å². The van der Waals surface area contributed by atoms with Crippen molar-refractivity contribution >= 4 is 5.78 Å². The molecule has 0 aromatic heterocycles. The molecule has 60 valence electrons. The van der Waals surface area contributed by atoms with E-state index in [9.17, 15) is 4.79 Å². The van der Waals surface area contributed by atoms with Crippen LogP contribution in [0.15, 0.2) is 36.6 Å². The van der Waals surface area contributed by atoms with E-state index in [1.807, 2.05) is 0 Å². The van der Waals surface area contributed by atoms with E-state index >= 15 is 0 Å². The Hall–Kier alpha value is -1.31. The van der Waals surface area contributed by atoms with Crippen molar-refractivity contribution in [3.8, 4) is 0 Å². The van der Waals surface area contributed by atoms with Gasteiger partial charge < -0.3 is 4.74 Å². The normalized spacial score (nSPS) is 9.64. The third-order valence-corrected chi connectivity index (χ3v) is 1.20. The number of ketones is 1. The molecule has 0 aromatic carbocycles. The van der Waals surface area contributed by atoms with Gasteiger partial charge in [-0.05, 0) is 13.0 Å². The number of carbonyl (C=O) groups is 1. The van der Waals surface area contributed by atoms with Gasteiger partial charge in [0.25, 0.3) is 0 Å². The van der Waals surface area contributed by atoms with E-state index in [-0.39, 0.29) is 5.78 Å². The molecule has 0 aromatic rings. The van der Waals surface area contributed by atoms with Gasteiger partial charge >= 0.3 is 0 Å². The maximum absolute atomic E-state index is 11.0. The highest BCUT2D eigenvalue weighted by atomic mass is 16.5. The van der Waals surface area contributed by atoms with E-state index in [1.165, 1.54) is 13.2 Å². The van der Waals surface area contributed by atoms with E-state index in [4.69, 9.17) is 4.74 Å². The highest BCUT2D eigenvalue weighted by Gasteiger charge is 2.05. The molecule has 0 heterocycles. The molecule has 0 N–H and O–H groups in total. The van der Waals surface area contributed by atoms with Crippen LogP contribution in [0.5, 0.6) is 0 Å². The zero-order valence-electron chi connectivity index (χ0n) is 6.89. The summed E-state index contributed by atoms with van der Waals surface area (Å²) in [5.74, 6) is 0.146. The van der Waals surface area contributed by atoms with Gasteiger partial charge in [0, 0.05) is 0 Å². The predicted molar refractivity (Wildman–Crippen MR) is 45.1 cm³/mol. The Balaban J connectivity index is 4.26. The summed E-state index contributed by atoms with van der Waals surface area (Å²) >= 11 is 0. The molecule has 0 aliphatic heterocycles. The second kappa shape index (κ2) is 4.50. The van der Waals surface area contributed by atoms with Crippen LogP contribution in [0.2, 0.25) is 0 Å². The fraction of sp³-hybridized carbons (Fsp3) is 0.222. The van der Waals surface area contributed by atoms with Crippen LogP contribution in [-0.2, 0) is 9.53 Å². The van der Waals surface area contributed by atoms with Crippen LogP contribution in [0.3, 0.4) is 0 Å². The monoisotopic (exact) mass is 152 g/mol. The van der Waals surface area contributed by atoms with Crippen molar-refractivity contribution in [2.75, 3.05) is 7.11 Å². The molecular formula is C9H12O2. The average molecular weight is 152 g/mol. The molecule has 2 nitrogen and oxygen atoms in total. The fourth-order valence-electron chi connectivity index (χ4n) is 0.513. The van der Waals surface area contributed by atoms with Crippen LogP contribution in [0.4, 0.5) is 0 Å². The van der Waals surface area contributed by atoms with Gasteiger partial charge in [-0.15, -0.1) is 0 Å². The number of hydrogen-bond donors (Lipinski definition) is 0. The van der Waals surface area contributed by atoms with E-state index in [0.717, 1.165) is 0 Å². The van der Waals surface area contributed by atoms with Crippen molar-refractivity contribution in [1.29, 1.82) is 0 Å². The lowest BCUT2D eigenvalue weighted by Gasteiger charge is -2.02. The summed E-state index contributed by atoms with van der Waals surface area (Å²) in [5, 5.41) is 0.